The molecule has 4 aromatic rings. The molecule has 0 aliphatic rings. The van der Waals surface area contributed by atoms with Gasteiger partial charge in [0, 0.05) is 22.6 Å². The first-order valence-electron chi connectivity index (χ1n) is 10.5. The van der Waals surface area contributed by atoms with Crippen molar-refractivity contribution in [1.29, 1.82) is 0 Å². The second-order valence-electron chi connectivity index (χ2n) is 7.96. The summed E-state index contributed by atoms with van der Waals surface area (Å²) in [5, 5.41) is 0. The first-order chi connectivity index (χ1) is 15.0. The normalized spacial score (nSPS) is 11.1. The number of hydrogen-bond donors (Lipinski definition) is 0. The monoisotopic (exact) mass is 407 g/mol. The molecule has 0 aliphatic carbocycles. The van der Waals surface area contributed by atoms with Gasteiger partial charge in [0.25, 0.3) is 0 Å². The Morgan fingerprint density at radius 1 is 0.548 bits per heavy atom. The Morgan fingerprint density at radius 3 is 1.48 bits per heavy atom. The molecule has 0 aliphatic heterocycles. The van der Waals surface area contributed by atoms with Gasteiger partial charge in [0.05, 0.1) is 0 Å². The lowest BCUT2D eigenvalue weighted by molar-refractivity contribution is 0.625. The van der Waals surface area contributed by atoms with Crippen LogP contribution in [0.1, 0.15) is 27.8 Å². The highest BCUT2D eigenvalue weighted by Gasteiger charge is 2.14. The Morgan fingerprint density at radius 2 is 1.00 bits per heavy atom. The quantitative estimate of drug-likeness (QED) is 0.300. The molecular formula is C29H26FN. The van der Waals surface area contributed by atoms with E-state index in [4.69, 9.17) is 0 Å². The van der Waals surface area contributed by atoms with E-state index in [0.29, 0.717) is 5.56 Å². The van der Waals surface area contributed by atoms with Crippen LogP contribution < -0.4 is 4.90 Å². The number of anilines is 3. The van der Waals surface area contributed by atoms with Crippen LogP contribution in [0.5, 0.6) is 0 Å². The molecule has 0 saturated heterocycles. The summed E-state index contributed by atoms with van der Waals surface area (Å²) in [6.45, 7) is 6.18. The average molecular weight is 408 g/mol. The highest BCUT2D eigenvalue weighted by molar-refractivity contribution is 5.78. The van der Waals surface area contributed by atoms with Gasteiger partial charge in [-0.25, -0.2) is 4.39 Å². The second kappa shape index (κ2) is 9.01. The van der Waals surface area contributed by atoms with Crippen molar-refractivity contribution < 1.29 is 4.39 Å². The molecule has 154 valence electrons. The number of benzene rings is 4. The van der Waals surface area contributed by atoms with Crippen LogP contribution in [0, 0.1) is 26.6 Å². The van der Waals surface area contributed by atoms with E-state index in [1.54, 1.807) is 6.07 Å². The number of rotatable bonds is 5. The molecule has 0 heterocycles. The zero-order valence-corrected chi connectivity index (χ0v) is 18.1. The molecule has 0 spiro atoms. The number of hydrogen-bond acceptors (Lipinski definition) is 1. The van der Waals surface area contributed by atoms with E-state index in [-0.39, 0.29) is 5.82 Å². The molecule has 0 fully saturated rings. The van der Waals surface area contributed by atoms with E-state index in [1.165, 1.54) is 16.7 Å². The minimum Gasteiger partial charge on any atom is -0.310 e. The van der Waals surface area contributed by atoms with Crippen molar-refractivity contribution in [2.24, 2.45) is 0 Å². The molecule has 0 amide bonds. The van der Waals surface area contributed by atoms with Crippen molar-refractivity contribution in [2.45, 2.75) is 20.8 Å². The van der Waals surface area contributed by atoms with Gasteiger partial charge in [-0.05, 0) is 68.8 Å². The van der Waals surface area contributed by atoms with Crippen LogP contribution in [0.15, 0.2) is 91.0 Å². The molecule has 4 rings (SSSR count). The van der Waals surface area contributed by atoms with Crippen molar-refractivity contribution in [1.82, 2.24) is 0 Å². The summed E-state index contributed by atoms with van der Waals surface area (Å²) in [5.41, 5.74) is 7.99. The molecule has 4 aromatic carbocycles. The van der Waals surface area contributed by atoms with Gasteiger partial charge >= 0.3 is 0 Å². The molecule has 0 N–H and O–H groups in total. The van der Waals surface area contributed by atoms with Gasteiger partial charge in [-0.1, -0.05) is 77.4 Å². The lowest BCUT2D eigenvalue weighted by Crippen LogP contribution is -2.10. The predicted octanol–water partition coefficient (Wildman–Crippen LogP) is 8.39. The Hall–Kier alpha value is -3.65. The van der Waals surface area contributed by atoms with Crippen molar-refractivity contribution in [3.63, 3.8) is 0 Å². The van der Waals surface area contributed by atoms with E-state index >= 15 is 4.39 Å². The Labute approximate surface area is 184 Å². The lowest BCUT2D eigenvalue weighted by atomic mass is 10.1. The Kier molecular flexibility index (Phi) is 5.99. The van der Waals surface area contributed by atoms with Gasteiger partial charge in [-0.15, -0.1) is 0 Å². The zero-order valence-electron chi connectivity index (χ0n) is 18.1. The van der Waals surface area contributed by atoms with Crippen LogP contribution >= 0.6 is 0 Å². The first kappa shape index (κ1) is 20.6. The van der Waals surface area contributed by atoms with Crippen LogP contribution in [0.25, 0.3) is 12.2 Å². The molecule has 0 unspecified atom stereocenters. The average Bonchev–Trinajstić information content (AvgIpc) is 2.77. The smallest absolute Gasteiger partial charge is 0.132 e. The first-order valence-corrected chi connectivity index (χ1v) is 10.5. The molecule has 1 nitrogen and oxygen atoms in total. The molecule has 0 saturated carbocycles. The maximum atomic E-state index is 15.1. The van der Waals surface area contributed by atoms with Crippen molar-refractivity contribution in [2.75, 3.05) is 4.90 Å². The van der Waals surface area contributed by atoms with Crippen LogP contribution in [0.4, 0.5) is 21.5 Å². The van der Waals surface area contributed by atoms with E-state index in [2.05, 4.69) is 86.3 Å². The largest absolute Gasteiger partial charge is 0.310 e. The van der Waals surface area contributed by atoms with Crippen LogP contribution in [0.3, 0.4) is 0 Å². The molecule has 31 heavy (non-hydrogen) atoms. The van der Waals surface area contributed by atoms with E-state index in [0.717, 1.165) is 22.6 Å². The van der Waals surface area contributed by atoms with E-state index in [9.17, 15) is 0 Å². The standard InChI is InChI=1S/C29H26FN/c1-21-4-10-24(11-5-21)12-13-25-14-19-28(20-29(25)30)31(26-15-6-22(2)7-16-26)27-17-8-23(3)9-18-27/h4-20H,1-3H3/b13-12+. The van der Waals surface area contributed by atoms with Gasteiger partial charge in [0.1, 0.15) is 5.82 Å². The summed E-state index contributed by atoms with van der Waals surface area (Å²) in [6, 6.07) is 30.2. The summed E-state index contributed by atoms with van der Waals surface area (Å²) in [4.78, 5) is 2.08. The fourth-order valence-corrected chi connectivity index (χ4v) is 3.49. The van der Waals surface area contributed by atoms with Gasteiger partial charge in [0.2, 0.25) is 0 Å². The maximum absolute atomic E-state index is 15.1. The lowest BCUT2D eigenvalue weighted by Gasteiger charge is -2.26. The SMILES string of the molecule is Cc1ccc(/C=C/c2ccc(N(c3ccc(C)cc3)c3ccc(C)cc3)cc2F)cc1. The van der Waals surface area contributed by atoms with Crippen molar-refractivity contribution in [3.8, 4) is 0 Å². The van der Waals surface area contributed by atoms with Crippen molar-refractivity contribution in [3.05, 3.63) is 125 Å². The van der Waals surface area contributed by atoms with Gasteiger partial charge in [-0.3, -0.25) is 0 Å². The summed E-state index contributed by atoms with van der Waals surface area (Å²) >= 11 is 0. The summed E-state index contributed by atoms with van der Waals surface area (Å²) in [6.07, 6.45) is 3.76. The van der Waals surface area contributed by atoms with Crippen molar-refractivity contribution >= 4 is 29.2 Å². The third-order valence-corrected chi connectivity index (χ3v) is 5.36. The maximum Gasteiger partial charge on any atom is 0.132 e. The summed E-state index contributed by atoms with van der Waals surface area (Å²) in [7, 11) is 0. The minimum absolute atomic E-state index is 0.245. The zero-order chi connectivity index (χ0) is 21.8. The Bertz CT molecular complexity index is 1140. The topological polar surface area (TPSA) is 3.24 Å². The number of nitrogens with zero attached hydrogens (tertiary/aromatic N) is 1. The van der Waals surface area contributed by atoms with Gasteiger partial charge < -0.3 is 4.90 Å². The molecular weight excluding hydrogens is 381 g/mol. The molecule has 2 heteroatoms. The highest BCUT2D eigenvalue weighted by atomic mass is 19.1. The van der Waals surface area contributed by atoms with Gasteiger partial charge in [0.15, 0.2) is 0 Å². The fraction of sp³-hybridized carbons (Fsp3) is 0.103. The summed E-state index contributed by atoms with van der Waals surface area (Å²) in [5.74, 6) is -0.245. The van der Waals surface area contributed by atoms with Gasteiger partial charge in [-0.2, -0.15) is 0 Å². The molecule has 0 bridgehead atoms. The molecule has 0 aromatic heterocycles. The fourth-order valence-electron chi connectivity index (χ4n) is 3.49. The van der Waals surface area contributed by atoms with E-state index < -0.39 is 0 Å². The number of aryl methyl sites for hydroxylation is 3. The third kappa shape index (κ3) is 4.92. The van der Waals surface area contributed by atoms with Crippen LogP contribution in [-0.4, -0.2) is 0 Å². The molecule has 0 radical (unpaired) electrons. The highest BCUT2D eigenvalue weighted by Crippen LogP contribution is 2.35. The Balaban J connectivity index is 1.70. The molecule has 0 atom stereocenters. The second-order valence-corrected chi connectivity index (χ2v) is 7.96. The van der Waals surface area contributed by atoms with Crippen LogP contribution in [0.2, 0.25) is 0 Å². The number of halogens is 1. The third-order valence-electron chi connectivity index (χ3n) is 5.36. The van der Waals surface area contributed by atoms with E-state index in [1.807, 2.05) is 36.4 Å². The van der Waals surface area contributed by atoms with Crippen LogP contribution in [-0.2, 0) is 0 Å². The predicted molar refractivity (Wildman–Crippen MR) is 131 cm³/mol. The summed E-state index contributed by atoms with van der Waals surface area (Å²) < 4.78 is 15.1. The minimum atomic E-state index is -0.245.